The molecule has 0 aromatic carbocycles. The third-order valence-electron chi connectivity index (χ3n) is 4.28. The molecule has 0 radical (unpaired) electrons. The summed E-state index contributed by atoms with van der Waals surface area (Å²) in [7, 11) is -3.19. The van der Waals surface area contributed by atoms with E-state index in [0.29, 0.717) is 25.1 Å². The van der Waals surface area contributed by atoms with Crippen LogP contribution in [-0.2, 0) is 23.0 Å². The Balaban J connectivity index is 0.00000784. The predicted octanol–water partition coefficient (Wildman–Crippen LogP) is 1.90. The lowest BCUT2D eigenvalue weighted by Gasteiger charge is -2.19. The van der Waals surface area contributed by atoms with Crippen molar-refractivity contribution in [3.05, 3.63) is 12.2 Å². The summed E-state index contributed by atoms with van der Waals surface area (Å²) >= 11 is 0. The topological polar surface area (TPSA) is 113 Å². The van der Waals surface area contributed by atoms with Crippen molar-refractivity contribution in [2.24, 2.45) is 4.99 Å². The molecule has 1 aromatic heterocycles. The second-order valence-corrected chi connectivity index (χ2v) is 8.85. The molecule has 9 nitrogen and oxygen atoms in total. The number of nitrogens with one attached hydrogen (secondary N) is 3. The van der Waals surface area contributed by atoms with Crippen LogP contribution in [0.1, 0.15) is 58.7 Å². The number of hydrogen-bond acceptors (Lipinski definition) is 5. The molecule has 0 fully saturated rings. The third kappa shape index (κ3) is 13.8. The van der Waals surface area contributed by atoms with Crippen LogP contribution in [0.5, 0.6) is 0 Å². The van der Waals surface area contributed by atoms with Gasteiger partial charge < -0.3 is 15.2 Å². The minimum Gasteiger partial charge on any atom is -0.355 e. The summed E-state index contributed by atoms with van der Waals surface area (Å²) in [6.45, 7) is 8.48. The highest BCUT2D eigenvalue weighted by molar-refractivity contribution is 14.0. The average Bonchev–Trinajstić information content (AvgIpc) is 3.09. The second-order valence-electron chi connectivity index (χ2n) is 7.01. The van der Waals surface area contributed by atoms with Crippen LogP contribution in [0, 0.1) is 0 Å². The van der Waals surface area contributed by atoms with E-state index in [1.165, 1.54) is 25.7 Å². The van der Waals surface area contributed by atoms with E-state index in [1.54, 1.807) is 6.33 Å². The van der Waals surface area contributed by atoms with Gasteiger partial charge in [-0.3, -0.25) is 4.99 Å². The number of aliphatic imine (C=N–C) groups is 1. The van der Waals surface area contributed by atoms with Crippen molar-refractivity contribution in [3.63, 3.8) is 0 Å². The van der Waals surface area contributed by atoms with Crippen LogP contribution >= 0.6 is 24.0 Å². The first-order valence-electron chi connectivity index (χ1n) is 10.2. The summed E-state index contributed by atoms with van der Waals surface area (Å²) in [6.07, 6.45) is 9.72. The van der Waals surface area contributed by atoms with Gasteiger partial charge >= 0.3 is 0 Å². The maximum absolute atomic E-state index is 11.2. The molecule has 0 saturated carbocycles. The van der Waals surface area contributed by atoms with Crippen LogP contribution in [-0.4, -0.2) is 61.1 Å². The fourth-order valence-corrected chi connectivity index (χ4v) is 3.23. The molecule has 1 aromatic rings. The standard InChI is InChI=1S/C18H37N7O2S.HI/c1-5-7-8-9-10-16(3)23-18(19-11-12-22-28(4,26)27)20-13-14-25-15-21-24-17(25)6-2;/h15-16,22H,5-14H2,1-4H3,(H2,19,20,23);1H. The quantitative estimate of drug-likeness (QED) is 0.143. The molecule has 0 aliphatic carbocycles. The van der Waals surface area contributed by atoms with E-state index in [0.717, 1.165) is 31.5 Å². The Morgan fingerprint density at radius 3 is 2.66 bits per heavy atom. The first kappa shape index (κ1) is 28.1. The molecule has 0 aliphatic rings. The molecule has 0 saturated heterocycles. The van der Waals surface area contributed by atoms with Gasteiger partial charge in [0.05, 0.1) is 12.8 Å². The highest BCUT2D eigenvalue weighted by Crippen LogP contribution is 2.05. The fourth-order valence-electron chi connectivity index (χ4n) is 2.77. The molecular weight excluding hydrogens is 505 g/mol. The molecule has 29 heavy (non-hydrogen) atoms. The van der Waals surface area contributed by atoms with Crippen molar-refractivity contribution in [3.8, 4) is 0 Å². The Hall–Kier alpha value is -0.950. The lowest BCUT2D eigenvalue weighted by Crippen LogP contribution is -2.43. The maximum Gasteiger partial charge on any atom is 0.208 e. The van der Waals surface area contributed by atoms with E-state index in [4.69, 9.17) is 0 Å². The van der Waals surface area contributed by atoms with Crippen LogP contribution in [0.2, 0.25) is 0 Å². The highest BCUT2D eigenvalue weighted by Gasteiger charge is 2.07. The number of rotatable bonds is 14. The fraction of sp³-hybridized carbons (Fsp3) is 0.833. The van der Waals surface area contributed by atoms with Gasteiger partial charge in [-0.2, -0.15) is 0 Å². The van der Waals surface area contributed by atoms with E-state index in [2.05, 4.69) is 51.3 Å². The molecule has 0 bridgehead atoms. The van der Waals surface area contributed by atoms with Gasteiger partial charge in [-0.25, -0.2) is 13.1 Å². The van der Waals surface area contributed by atoms with Crippen molar-refractivity contribution in [2.75, 3.05) is 25.9 Å². The first-order chi connectivity index (χ1) is 13.4. The van der Waals surface area contributed by atoms with Crippen molar-refractivity contribution in [1.82, 2.24) is 30.1 Å². The zero-order valence-corrected chi connectivity index (χ0v) is 21.3. The zero-order chi connectivity index (χ0) is 20.8. The highest BCUT2D eigenvalue weighted by atomic mass is 127. The summed E-state index contributed by atoms with van der Waals surface area (Å²) in [5.74, 6) is 1.65. The molecule has 1 rings (SSSR count). The monoisotopic (exact) mass is 543 g/mol. The summed E-state index contributed by atoms with van der Waals surface area (Å²) in [5.41, 5.74) is 0. The second kappa shape index (κ2) is 15.8. The Morgan fingerprint density at radius 1 is 1.24 bits per heavy atom. The molecule has 170 valence electrons. The van der Waals surface area contributed by atoms with Crippen molar-refractivity contribution >= 4 is 40.0 Å². The van der Waals surface area contributed by atoms with Crippen LogP contribution < -0.4 is 15.4 Å². The Morgan fingerprint density at radius 2 is 2.00 bits per heavy atom. The SMILES string of the molecule is CCCCCCC(C)NC(=NCCNS(C)(=O)=O)NCCn1cnnc1CC.I. The number of aromatic nitrogens is 3. The molecule has 1 atom stereocenters. The van der Waals surface area contributed by atoms with Gasteiger partial charge in [0.15, 0.2) is 5.96 Å². The molecule has 0 aliphatic heterocycles. The van der Waals surface area contributed by atoms with Gasteiger partial charge in [-0.15, -0.1) is 34.2 Å². The molecule has 3 N–H and O–H groups in total. The number of sulfonamides is 1. The van der Waals surface area contributed by atoms with E-state index in [-0.39, 0.29) is 30.5 Å². The van der Waals surface area contributed by atoms with E-state index in [1.807, 2.05) is 4.57 Å². The number of guanidine groups is 1. The van der Waals surface area contributed by atoms with Gasteiger partial charge in [0.2, 0.25) is 10.0 Å². The van der Waals surface area contributed by atoms with Gasteiger partial charge in [-0.05, 0) is 13.3 Å². The summed E-state index contributed by atoms with van der Waals surface area (Å²) < 4.78 is 26.8. The largest absolute Gasteiger partial charge is 0.355 e. The van der Waals surface area contributed by atoms with Gasteiger partial charge in [0.25, 0.3) is 0 Å². The minimum absolute atomic E-state index is 0. The Labute approximate surface area is 193 Å². The van der Waals surface area contributed by atoms with Gasteiger partial charge in [-0.1, -0.05) is 39.5 Å². The van der Waals surface area contributed by atoms with Crippen molar-refractivity contribution < 1.29 is 8.42 Å². The van der Waals surface area contributed by atoms with Crippen LogP contribution in [0.25, 0.3) is 0 Å². The van der Waals surface area contributed by atoms with E-state index in [9.17, 15) is 8.42 Å². The first-order valence-corrected chi connectivity index (χ1v) is 12.1. The molecule has 0 spiro atoms. The maximum atomic E-state index is 11.2. The predicted molar refractivity (Wildman–Crippen MR) is 129 cm³/mol. The van der Waals surface area contributed by atoms with Crippen LogP contribution in [0.15, 0.2) is 11.3 Å². The molecule has 1 heterocycles. The number of aryl methyl sites for hydroxylation is 1. The molecule has 1 unspecified atom stereocenters. The van der Waals surface area contributed by atoms with Gasteiger partial charge in [0.1, 0.15) is 12.2 Å². The van der Waals surface area contributed by atoms with E-state index >= 15 is 0 Å². The average molecular weight is 544 g/mol. The lowest BCUT2D eigenvalue weighted by molar-refractivity contribution is 0.533. The zero-order valence-electron chi connectivity index (χ0n) is 18.1. The normalized spacial score (nSPS) is 13.0. The molecule has 11 heteroatoms. The number of halogens is 1. The third-order valence-corrected chi connectivity index (χ3v) is 5.01. The van der Waals surface area contributed by atoms with Crippen LogP contribution in [0.3, 0.4) is 0 Å². The van der Waals surface area contributed by atoms with Gasteiger partial charge in [0, 0.05) is 32.1 Å². The summed E-state index contributed by atoms with van der Waals surface area (Å²) in [4.78, 5) is 4.50. The number of hydrogen-bond donors (Lipinski definition) is 3. The minimum atomic E-state index is -3.19. The van der Waals surface area contributed by atoms with E-state index < -0.39 is 10.0 Å². The Bertz CT molecular complexity index is 680. The Kier molecular flexibility index (Phi) is 15.3. The van der Waals surface area contributed by atoms with Crippen molar-refractivity contribution in [1.29, 1.82) is 0 Å². The smallest absolute Gasteiger partial charge is 0.208 e. The summed E-state index contributed by atoms with van der Waals surface area (Å²) in [5, 5.41) is 14.8. The number of unbranched alkanes of at least 4 members (excludes halogenated alkanes) is 3. The lowest BCUT2D eigenvalue weighted by atomic mass is 10.1. The van der Waals surface area contributed by atoms with Crippen LogP contribution in [0.4, 0.5) is 0 Å². The molecular formula is C18H38IN7O2S. The summed E-state index contributed by atoms with van der Waals surface area (Å²) in [6, 6.07) is 0.298. The molecule has 0 amide bonds. The van der Waals surface area contributed by atoms with Crippen molar-refractivity contribution in [2.45, 2.75) is 71.9 Å². The number of nitrogens with zero attached hydrogens (tertiary/aromatic N) is 4.